The number of aryl methyl sites for hydroxylation is 2. The standard InChI is InChI=1S/C14H17BrN2S/c1-10-4-6-12(13(15)9-10)14(17-16)7-5-11-3-2-8-18-11/h2-4,6,8-9,14,17H,5,7,16H2,1H3. The average molecular weight is 325 g/mol. The Balaban J connectivity index is 2.08. The van der Waals surface area contributed by atoms with E-state index >= 15 is 0 Å². The third-order valence-electron chi connectivity index (χ3n) is 2.99. The van der Waals surface area contributed by atoms with Crippen molar-refractivity contribution in [2.75, 3.05) is 0 Å². The molecule has 0 aliphatic heterocycles. The lowest BCUT2D eigenvalue weighted by Crippen LogP contribution is -2.28. The lowest BCUT2D eigenvalue weighted by molar-refractivity contribution is 0.516. The van der Waals surface area contributed by atoms with Crippen molar-refractivity contribution in [2.45, 2.75) is 25.8 Å². The summed E-state index contributed by atoms with van der Waals surface area (Å²) >= 11 is 5.41. The Morgan fingerprint density at radius 2 is 2.22 bits per heavy atom. The molecule has 1 unspecified atom stereocenters. The van der Waals surface area contributed by atoms with Crippen molar-refractivity contribution in [2.24, 2.45) is 5.84 Å². The molecule has 2 aromatic rings. The maximum atomic E-state index is 5.68. The number of benzene rings is 1. The van der Waals surface area contributed by atoms with Crippen LogP contribution in [-0.4, -0.2) is 0 Å². The van der Waals surface area contributed by atoms with Crippen LogP contribution in [0.1, 0.15) is 28.5 Å². The molecule has 1 aromatic carbocycles. The SMILES string of the molecule is Cc1ccc(C(CCc2cccs2)NN)c(Br)c1. The summed E-state index contributed by atoms with van der Waals surface area (Å²) in [6.45, 7) is 2.09. The van der Waals surface area contributed by atoms with Gasteiger partial charge in [-0.3, -0.25) is 11.3 Å². The number of nitrogens with one attached hydrogen (secondary N) is 1. The average Bonchev–Trinajstić information content (AvgIpc) is 2.85. The highest BCUT2D eigenvalue weighted by Crippen LogP contribution is 2.27. The molecule has 18 heavy (non-hydrogen) atoms. The van der Waals surface area contributed by atoms with E-state index in [9.17, 15) is 0 Å². The summed E-state index contributed by atoms with van der Waals surface area (Å²) in [6.07, 6.45) is 2.05. The third kappa shape index (κ3) is 3.42. The molecule has 0 amide bonds. The van der Waals surface area contributed by atoms with Gasteiger partial charge in [-0.2, -0.15) is 0 Å². The third-order valence-corrected chi connectivity index (χ3v) is 4.61. The second kappa shape index (κ2) is 6.48. The van der Waals surface area contributed by atoms with E-state index in [-0.39, 0.29) is 6.04 Å². The Hall–Kier alpha value is -0.680. The normalized spacial score (nSPS) is 12.6. The number of rotatable bonds is 5. The number of halogens is 1. The summed E-state index contributed by atoms with van der Waals surface area (Å²) in [5, 5.41) is 2.11. The van der Waals surface area contributed by atoms with Gasteiger partial charge in [-0.15, -0.1) is 11.3 Å². The number of nitrogens with two attached hydrogens (primary N) is 1. The molecule has 0 saturated heterocycles. The molecule has 0 saturated carbocycles. The number of hydrogen-bond acceptors (Lipinski definition) is 3. The minimum atomic E-state index is 0.182. The molecular weight excluding hydrogens is 308 g/mol. The van der Waals surface area contributed by atoms with Gasteiger partial charge in [0.2, 0.25) is 0 Å². The minimum Gasteiger partial charge on any atom is -0.271 e. The zero-order chi connectivity index (χ0) is 13.0. The quantitative estimate of drug-likeness (QED) is 0.645. The van der Waals surface area contributed by atoms with Crippen LogP contribution in [0.15, 0.2) is 40.2 Å². The highest BCUT2D eigenvalue weighted by molar-refractivity contribution is 9.10. The van der Waals surface area contributed by atoms with Gasteiger partial charge < -0.3 is 0 Å². The molecule has 0 fully saturated rings. The number of thiophene rings is 1. The highest BCUT2D eigenvalue weighted by Gasteiger charge is 2.13. The second-order valence-electron chi connectivity index (χ2n) is 4.36. The zero-order valence-electron chi connectivity index (χ0n) is 10.3. The van der Waals surface area contributed by atoms with E-state index in [1.54, 1.807) is 11.3 Å². The van der Waals surface area contributed by atoms with Crippen molar-refractivity contribution in [1.29, 1.82) is 0 Å². The Kier molecular flexibility index (Phi) is 4.95. The van der Waals surface area contributed by atoms with Gasteiger partial charge in [0, 0.05) is 15.4 Å². The maximum Gasteiger partial charge on any atom is 0.0474 e. The van der Waals surface area contributed by atoms with E-state index < -0.39 is 0 Å². The van der Waals surface area contributed by atoms with Crippen LogP contribution in [0.2, 0.25) is 0 Å². The van der Waals surface area contributed by atoms with Crippen molar-refractivity contribution in [3.05, 3.63) is 56.2 Å². The fraction of sp³-hybridized carbons (Fsp3) is 0.286. The predicted octanol–water partition coefficient (Wildman–Crippen LogP) is 3.96. The van der Waals surface area contributed by atoms with E-state index in [2.05, 4.69) is 64.0 Å². The summed E-state index contributed by atoms with van der Waals surface area (Å²) in [5.74, 6) is 5.68. The molecule has 0 spiro atoms. The summed E-state index contributed by atoms with van der Waals surface area (Å²) in [7, 11) is 0. The van der Waals surface area contributed by atoms with Gasteiger partial charge in [0.05, 0.1) is 0 Å². The molecule has 1 aromatic heterocycles. The van der Waals surface area contributed by atoms with Crippen molar-refractivity contribution in [3.63, 3.8) is 0 Å². The summed E-state index contributed by atoms with van der Waals surface area (Å²) < 4.78 is 1.12. The second-order valence-corrected chi connectivity index (χ2v) is 6.25. The summed E-state index contributed by atoms with van der Waals surface area (Å²) in [5.41, 5.74) is 5.39. The van der Waals surface area contributed by atoms with Gasteiger partial charge in [0.25, 0.3) is 0 Å². The molecule has 2 nitrogen and oxygen atoms in total. The van der Waals surface area contributed by atoms with Crippen molar-refractivity contribution >= 4 is 27.3 Å². The molecule has 1 atom stereocenters. The van der Waals surface area contributed by atoms with E-state index in [1.165, 1.54) is 16.0 Å². The van der Waals surface area contributed by atoms with E-state index in [4.69, 9.17) is 5.84 Å². The van der Waals surface area contributed by atoms with Crippen molar-refractivity contribution in [3.8, 4) is 0 Å². The van der Waals surface area contributed by atoms with Gasteiger partial charge in [-0.05, 0) is 48.4 Å². The topological polar surface area (TPSA) is 38.0 Å². The van der Waals surface area contributed by atoms with Gasteiger partial charge in [-0.25, -0.2) is 0 Å². The Bertz CT molecular complexity index is 497. The minimum absolute atomic E-state index is 0.182. The molecule has 2 rings (SSSR count). The van der Waals surface area contributed by atoms with Crippen LogP contribution in [0.25, 0.3) is 0 Å². The molecule has 1 heterocycles. The Labute approximate surface area is 120 Å². The van der Waals surface area contributed by atoms with Crippen LogP contribution >= 0.6 is 27.3 Å². The lowest BCUT2D eigenvalue weighted by Gasteiger charge is -2.18. The Morgan fingerprint density at radius 1 is 1.39 bits per heavy atom. The molecule has 0 aliphatic carbocycles. The smallest absolute Gasteiger partial charge is 0.0474 e. The Morgan fingerprint density at radius 3 is 2.83 bits per heavy atom. The van der Waals surface area contributed by atoms with E-state index in [0.29, 0.717) is 0 Å². The van der Waals surface area contributed by atoms with Crippen LogP contribution in [0, 0.1) is 6.92 Å². The van der Waals surface area contributed by atoms with Crippen LogP contribution in [0.3, 0.4) is 0 Å². The van der Waals surface area contributed by atoms with Gasteiger partial charge >= 0.3 is 0 Å². The van der Waals surface area contributed by atoms with Crippen LogP contribution in [0.4, 0.5) is 0 Å². The van der Waals surface area contributed by atoms with Crippen molar-refractivity contribution in [1.82, 2.24) is 5.43 Å². The largest absolute Gasteiger partial charge is 0.271 e. The lowest BCUT2D eigenvalue weighted by atomic mass is 10.0. The molecule has 0 radical (unpaired) electrons. The monoisotopic (exact) mass is 324 g/mol. The first kappa shape index (κ1) is 13.7. The first-order valence-electron chi connectivity index (χ1n) is 5.95. The fourth-order valence-corrected chi connectivity index (χ4v) is 3.48. The summed E-state index contributed by atoms with van der Waals surface area (Å²) in [6, 6.07) is 10.8. The van der Waals surface area contributed by atoms with E-state index in [1.807, 2.05) is 0 Å². The van der Waals surface area contributed by atoms with E-state index in [0.717, 1.165) is 17.3 Å². The molecule has 0 aliphatic rings. The number of hydrogen-bond donors (Lipinski definition) is 2. The van der Waals surface area contributed by atoms with Crippen LogP contribution in [-0.2, 0) is 6.42 Å². The van der Waals surface area contributed by atoms with Gasteiger partial charge in [0.1, 0.15) is 0 Å². The molecule has 4 heteroatoms. The molecule has 0 bridgehead atoms. The first-order chi connectivity index (χ1) is 8.70. The van der Waals surface area contributed by atoms with Crippen molar-refractivity contribution < 1.29 is 0 Å². The molecule has 3 N–H and O–H groups in total. The maximum absolute atomic E-state index is 5.68. The predicted molar refractivity (Wildman–Crippen MR) is 81.6 cm³/mol. The first-order valence-corrected chi connectivity index (χ1v) is 7.62. The fourth-order valence-electron chi connectivity index (χ4n) is 1.98. The molecular formula is C14H17BrN2S. The number of hydrazine groups is 1. The summed E-state index contributed by atoms with van der Waals surface area (Å²) in [4.78, 5) is 1.40. The zero-order valence-corrected chi connectivity index (χ0v) is 12.7. The van der Waals surface area contributed by atoms with Gasteiger partial charge in [-0.1, -0.05) is 34.1 Å². The highest BCUT2D eigenvalue weighted by atomic mass is 79.9. The van der Waals surface area contributed by atoms with Crippen LogP contribution in [0.5, 0.6) is 0 Å². The van der Waals surface area contributed by atoms with Gasteiger partial charge in [0.15, 0.2) is 0 Å². The van der Waals surface area contributed by atoms with Crippen LogP contribution < -0.4 is 11.3 Å². The molecule has 96 valence electrons.